The largest absolute Gasteiger partial charge is 0.486 e. The van der Waals surface area contributed by atoms with E-state index in [1.807, 2.05) is 0 Å². The third kappa shape index (κ3) is 6.33. The Morgan fingerprint density at radius 1 is 0.975 bits per heavy atom. The first-order valence-corrected chi connectivity index (χ1v) is 14.0. The second-order valence-corrected chi connectivity index (χ2v) is 10.8. The number of nitrogens with zero attached hydrogens (tertiary/aromatic N) is 2. The van der Waals surface area contributed by atoms with E-state index in [2.05, 4.69) is 5.32 Å². The molecule has 0 saturated heterocycles. The van der Waals surface area contributed by atoms with Gasteiger partial charge in [0.15, 0.2) is 11.5 Å². The maximum absolute atomic E-state index is 14.5. The van der Waals surface area contributed by atoms with Gasteiger partial charge in [0.2, 0.25) is 11.8 Å². The minimum Gasteiger partial charge on any atom is -0.486 e. The Morgan fingerprint density at radius 2 is 1.65 bits per heavy atom. The summed E-state index contributed by atoms with van der Waals surface area (Å²) in [5.74, 6) is -1.84. The van der Waals surface area contributed by atoms with Crippen LogP contribution < -0.4 is 19.1 Å². The highest BCUT2D eigenvalue weighted by Crippen LogP contribution is 2.34. The summed E-state index contributed by atoms with van der Waals surface area (Å²) < 4.78 is 67.9. The molecule has 4 rings (SSSR count). The second-order valence-electron chi connectivity index (χ2n) is 8.98. The molecule has 0 unspecified atom stereocenters. The lowest BCUT2D eigenvalue weighted by Gasteiger charge is -2.32. The standard InChI is InChI=1S/C28H29F2N3O6S/c1-3-31-28(35)19(2)32(17-20-6-4-5-7-24(20)30)27(34)18-33(22-10-8-21(29)9-11-22)40(36,37)23-12-13-25-26(16-23)39-15-14-38-25/h4-13,16,19H,3,14-15,17-18H2,1-2H3,(H,31,35)/t19-/m1/s1. The van der Waals surface area contributed by atoms with E-state index in [1.165, 1.54) is 55.5 Å². The van der Waals surface area contributed by atoms with Gasteiger partial charge in [-0.15, -0.1) is 0 Å². The van der Waals surface area contributed by atoms with Crippen LogP contribution >= 0.6 is 0 Å². The lowest BCUT2D eigenvalue weighted by molar-refractivity contribution is -0.139. The predicted molar refractivity (Wildman–Crippen MR) is 143 cm³/mol. The molecule has 0 aliphatic carbocycles. The summed E-state index contributed by atoms with van der Waals surface area (Å²) in [4.78, 5) is 27.4. The second kappa shape index (κ2) is 12.3. The average molecular weight is 574 g/mol. The number of carbonyl (C=O) groups is 2. The van der Waals surface area contributed by atoms with Crippen LogP contribution in [0.2, 0.25) is 0 Å². The van der Waals surface area contributed by atoms with Crippen LogP contribution in [0.25, 0.3) is 0 Å². The van der Waals surface area contributed by atoms with Gasteiger partial charge in [-0.1, -0.05) is 18.2 Å². The number of anilines is 1. The van der Waals surface area contributed by atoms with Gasteiger partial charge in [-0.25, -0.2) is 17.2 Å². The molecular weight excluding hydrogens is 544 g/mol. The van der Waals surface area contributed by atoms with Crippen molar-refractivity contribution in [3.8, 4) is 11.5 Å². The molecule has 1 aliphatic heterocycles. The molecule has 1 N–H and O–H groups in total. The smallest absolute Gasteiger partial charge is 0.264 e. The topological polar surface area (TPSA) is 105 Å². The van der Waals surface area contributed by atoms with Crippen LogP contribution in [0.1, 0.15) is 19.4 Å². The van der Waals surface area contributed by atoms with Crippen molar-refractivity contribution in [1.82, 2.24) is 10.2 Å². The quantitative estimate of drug-likeness (QED) is 0.398. The van der Waals surface area contributed by atoms with Crippen molar-refractivity contribution in [3.63, 3.8) is 0 Å². The molecular formula is C28H29F2N3O6S. The van der Waals surface area contributed by atoms with E-state index in [4.69, 9.17) is 9.47 Å². The van der Waals surface area contributed by atoms with Crippen molar-refractivity contribution >= 4 is 27.5 Å². The molecule has 3 aromatic carbocycles. The fourth-order valence-electron chi connectivity index (χ4n) is 4.16. The summed E-state index contributed by atoms with van der Waals surface area (Å²) in [6.07, 6.45) is 0. The number of rotatable bonds is 10. The first kappa shape index (κ1) is 28.8. The van der Waals surface area contributed by atoms with Crippen molar-refractivity contribution in [2.24, 2.45) is 0 Å². The molecule has 0 spiro atoms. The number of fused-ring (bicyclic) bond motifs is 1. The van der Waals surface area contributed by atoms with Crippen LogP contribution in [0.3, 0.4) is 0 Å². The highest BCUT2D eigenvalue weighted by molar-refractivity contribution is 7.92. The molecule has 1 atom stereocenters. The van der Waals surface area contributed by atoms with Crippen molar-refractivity contribution in [2.75, 3.05) is 30.6 Å². The van der Waals surface area contributed by atoms with E-state index in [0.29, 0.717) is 18.9 Å². The van der Waals surface area contributed by atoms with Crippen molar-refractivity contribution < 1.29 is 36.3 Å². The van der Waals surface area contributed by atoms with Gasteiger partial charge in [0.25, 0.3) is 10.0 Å². The van der Waals surface area contributed by atoms with Crippen LogP contribution in [-0.2, 0) is 26.2 Å². The number of hydrogen-bond donors (Lipinski definition) is 1. The molecule has 212 valence electrons. The van der Waals surface area contributed by atoms with Crippen LogP contribution in [0.5, 0.6) is 11.5 Å². The van der Waals surface area contributed by atoms with Crippen LogP contribution in [0, 0.1) is 11.6 Å². The summed E-state index contributed by atoms with van der Waals surface area (Å²) in [6.45, 7) is 3.00. The van der Waals surface area contributed by atoms with Gasteiger partial charge in [-0.05, 0) is 56.3 Å². The summed E-state index contributed by atoms with van der Waals surface area (Å²) in [5.41, 5.74) is 0.163. The monoisotopic (exact) mass is 573 g/mol. The highest BCUT2D eigenvalue weighted by atomic mass is 32.2. The zero-order valence-electron chi connectivity index (χ0n) is 22.0. The summed E-state index contributed by atoms with van der Waals surface area (Å²) in [7, 11) is -4.41. The van der Waals surface area contributed by atoms with Crippen LogP contribution in [0.4, 0.5) is 14.5 Å². The number of sulfonamides is 1. The normalized spacial score (nSPS) is 13.3. The molecule has 1 aliphatic rings. The fourth-order valence-corrected chi connectivity index (χ4v) is 5.59. The fraction of sp³-hybridized carbons (Fsp3) is 0.286. The Bertz CT molecular complexity index is 1480. The van der Waals surface area contributed by atoms with Gasteiger partial charge in [-0.2, -0.15) is 0 Å². The third-order valence-electron chi connectivity index (χ3n) is 6.31. The molecule has 0 fully saturated rings. The van der Waals surface area contributed by atoms with Gasteiger partial charge >= 0.3 is 0 Å². The zero-order valence-corrected chi connectivity index (χ0v) is 22.8. The highest BCUT2D eigenvalue weighted by Gasteiger charge is 2.33. The number of carbonyl (C=O) groups excluding carboxylic acids is 2. The number of amides is 2. The van der Waals surface area contributed by atoms with Gasteiger partial charge in [0, 0.05) is 24.7 Å². The minimum atomic E-state index is -4.41. The molecule has 12 heteroatoms. The molecule has 1 heterocycles. The maximum atomic E-state index is 14.5. The minimum absolute atomic E-state index is 0.0149. The number of benzene rings is 3. The van der Waals surface area contributed by atoms with Crippen LogP contribution in [0.15, 0.2) is 71.6 Å². The molecule has 0 radical (unpaired) electrons. The Hall–Kier alpha value is -4.19. The molecule has 40 heavy (non-hydrogen) atoms. The molecule has 9 nitrogen and oxygen atoms in total. The van der Waals surface area contributed by atoms with E-state index in [9.17, 15) is 26.8 Å². The SMILES string of the molecule is CCNC(=O)[C@@H](C)N(Cc1ccccc1F)C(=O)CN(c1ccc(F)cc1)S(=O)(=O)c1ccc2c(c1)OCCO2. The average Bonchev–Trinajstić information content (AvgIpc) is 2.95. The van der Waals surface area contributed by atoms with Crippen LogP contribution in [-0.4, -0.2) is 57.5 Å². The van der Waals surface area contributed by atoms with Gasteiger partial charge < -0.3 is 19.7 Å². The first-order chi connectivity index (χ1) is 19.1. The summed E-state index contributed by atoms with van der Waals surface area (Å²) in [6, 6.07) is 13.4. The Kier molecular flexibility index (Phi) is 8.88. The Morgan fingerprint density at radius 3 is 2.33 bits per heavy atom. The number of halogens is 2. The molecule has 2 amide bonds. The molecule has 0 saturated carbocycles. The van der Waals surface area contributed by atoms with Crippen molar-refractivity contribution in [3.05, 3.63) is 83.9 Å². The van der Waals surface area contributed by atoms with Gasteiger partial charge in [0.1, 0.15) is 37.4 Å². The van der Waals surface area contributed by atoms with Crippen molar-refractivity contribution in [2.45, 2.75) is 31.3 Å². The van der Waals surface area contributed by atoms with E-state index < -0.39 is 46.1 Å². The lowest BCUT2D eigenvalue weighted by atomic mass is 10.1. The molecule has 3 aromatic rings. The Balaban J connectivity index is 1.73. The number of likely N-dealkylation sites (N-methyl/N-ethyl adjacent to an activating group) is 1. The van der Waals surface area contributed by atoms with E-state index >= 15 is 0 Å². The van der Waals surface area contributed by atoms with Gasteiger partial charge in [-0.3, -0.25) is 13.9 Å². The zero-order chi connectivity index (χ0) is 28.9. The molecule has 0 bridgehead atoms. The van der Waals surface area contributed by atoms with E-state index in [1.54, 1.807) is 13.0 Å². The van der Waals surface area contributed by atoms with Gasteiger partial charge in [0.05, 0.1) is 10.6 Å². The first-order valence-electron chi connectivity index (χ1n) is 12.6. The molecule has 0 aromatic heterocycles. The number of nitrogens with one attached hydrogen (secondary N) is 1. The number of ether oxygens (including phenoxy) is 2. The summed E-state index contributed by atoms with van der Waals surface area (Å²) >= 11 is 0. The summed E-state index contributed by atoms with van der Waals surface area (Å²) in [5, 5.41) is 2.63. The lowest BCUT2D eigenvalue weighted by Crippen LogP contribution is -2.51. The third-order valence-corrected chi connectivity index (χ3v) is 8.08. The number of hydrogen-bond acceptors (Lipinski definition) is 6. The van der Waals surface area contributed by atoms with Crippen molar-refractivity contribution in [1.29, 1.82) is 0 Å². The van der Waals surface area contributed by atoms with E-state index in [-0.39, 0.29) is 35.0 Å². The predicted octanol–water partition coefficient (Wildman–Crippen LogP) is 3.48. The maximum Gasteiger partial charge on any atom is 0.264 e. The van der Waals surface area contributed by atoms with E-state index in [0.717, 1.165) is 21.3 Å². The Labute approximate surface area is 231 Å².